The Labute approximate surface area is 109 Å². The molecule has 92 valence electrons. The van der Waals surface area contributed by atoms with Crippen molar-refractivity contribution in [2.45, 2.75) is 20.4 Å². The lowest BCUT2D eigenvalue weighted by Crippen LogP contribution is -2.00. The minimum absolute atomic E-state index is 0.633. The molecule has 3 aromatic rings. The van der Waals surface area contributed by atoms with Crippen molar-refractivity contribution in [3.63, 3.8) is 0 Å². The van der Waals surface area contributed by atoms with Crippen LogP contribution in [0, 0.1) is 13.8 Å². The molecule has 3 rings (SSSR count). The van der Waals surface area contributed by atoms with Crippen LogP contribution in [0.1, 0.15) is 16.3 Å². The molecule has 0 bridgehead atoms. The van der Waals surface area contributed by atoms with Crippen molar-refractivity contribution in [3.8, 4) is 0 Å². The molecule has 3 heterocycles. The molecule has 0 aliphatic heterocycles. The van der Waals surface area contributed by atoms with Gasteiger partial charge in [-0.1, -0.05) is 6.07 Å². The first kappa shape index (κ1) is 11.2. The Morgan fingerprint density at radius 2 is 2.17 bits per heavy atom. The number of nitrogens with one attached hydrogen (secondary N) is 1. The standard InChI is InChI=1S/C12H13N5S/c1-8-3-4-10-15-12(16-17(10)6-8)13-5-11-14-9(2)7-18-11/h3-4,6-7H,5H2,1-2H3,(H,13,16). The van der Waals surface area contributed by atoms with E-state index in [1.807, 2.05) is 37.6 Å². The summed E-state index contributed by atoms with van der Waals surface area (Å²) < 4.78 is 1.78. The molecule has 0 aliphatic carbocycles. The second kappa shape index (κ2) is 4.38. The SMILES string of the molecule is Cc1ccc2nc(NCc3nc(C)cs3)nn2c1. The van der Waals surface area contributed by atoms with Gasteiger partial charge in [-0.25, -0.2) is 9.50 Å². The summed E-state index contributed by atoms with van der Waals surface area (Å²) in [6, 6.07) is 3.99. The molecule has 18 heavy (non-hydrogen) atoms. The van der Waals surface area contributed by atoms with Gasteiger partial charge in [0.2, 0.25) is 5.95 Å². The maximum absolute atomic E-state index is 4.39. The lowest BCUT2D eigenvalue weighted by atomic mass is 10.3. The van der Waals surface area contributed by atoms with Gasteiger partial charge < -0.3 is 5.32 Å². The summed E-state index contributed by atoms with van der Waals surface area (Å²) in [5, 5.41) is 10.6. The fraction of sp³-hybridized carbons (Fsp3) is 0.250. The number of fused-ring (bicyclic) bond motifs is 1. The van der Waals surface area contributed by atoms with Crippen molar-refractivity contribution in [1.82, 2.24) is 19.6 Å². The van der Waals surface area contributed by atoms with Crippen LogP contribution in [0.25, 0.3) is 5.65 Å². The second-order valence-electron chi connectivity index (χ2n) is 4.18. The zero-order valence-corrected chi connectivity index (χ0v) is 11.0. The van der Waals surface area contributed by atoms with Gasteiger partial charge in [-0.15, -0.1) is 16.4 Å². The van der Waals surface area contributed by atoms with Crippen molar-refractivity contribution in [1.29, 1.82) is 0 Å². The Morgan fingerprint density at radius 1 is 1.28 bits per heavy atom. The highest BCUT2D eigenvalue weighted by Crippen LogP contribution is 2.11. The van der Waals surface area contributed by atoms with Crippen molar-refractivity contribution >= 4 is 22.9 Å². The van der Waals surface area contributed by atoms with Gasteiger partial charge in [0.25, 0.3) is 0 Å². The highest BCUT2D eigenvalue weighted by molar-refractivity contribution is 7.09. The van der Waals surface area contributed by atoms with Crippen molar-refractivity contribution in [2.24, 2.45) is 0 Å². The summed E-state index contributed by atoms with van der Waals surface area (Å²) in [5.41, 5.74) is 3.06. The van der Waals surface area contributed by atoms with E-state index in [1.165, 1.54) is 0 Å². The van der Waals surface area contributed by atoms with E-state index in [0.29, 0.717) is 12.5 Å². The van der Waals surface area contributed by atoms with Crippen LogP contribution in [-0.2, 0) is 6.54 Å². The van der Waals surface area contributed by atoms with Crippen LogP contribution < -0.4 is 5.32 Å². The summed E-state index contributed by atoms with van der Waals surface area (Å²) >= 11 is 1.64. The number of rotatable bonds is 3. The molecule has 0 fully saturated rings. The quantitative estimate of drug-likeness (QED) is 0.784. The molecule has 0 amide bonds. The number of anilines is 1. The third kappa shape index (κ3) is 2.19. The van der Waals surface area contributed by atoms with Crippen LogP contribution in [0.5, 0.6) is 0 Å². The number of nitrogens with zero attached hydrogens (tertiary/aromatic N) is 4. The fourth-order valence-electron chi connectivity index (χ4n) is 1.70. The van der Waals surface area contributed by atoms with Crippen LogP contribution in [0.3, 0.4) is 0 Å². The lowest BCUT2D eigenvalue weighted by Gasteiger charge is -1.96. The van der Waals surface area contributed by atoms with Gasteiger partial charge in [0, 0.05) is 17.3 Å². The zero-order chi connectivity index (χ0) is 12.5. The highest BCUT2D eigenvalue weighted by Gasteiger charge is 2.04. The van der Waals surface area contributed by atoms with Crippen LogP contribution in [-0.4, -0.2) is 19.6 Å². The van der Waals surface area contributed by atoms with Crippen molar-refractivity contribution in [3.05, 3.63) is 40.0 Å². The fourth-order valence-corrected chi connectivity index (χ4v) is 2.41. The zero-order valence-electron chi connectivity index (χ0n) is 10.2. The van der Waals surface area contributed by atoms with Gasteiger partial charge in [-0.3, -0.25) is 0 Å². The van der Waals surface area contributed by atoms with E-state index in [0.717, 1.165) is 21.9 Å². The molecule has 6 heteroatoms. The van der Waals surface area contributed by atoms with E-state index in [2.05, 4.69) is 20.4 Å². The minimum Gasteiger partial charge on any atom is -0.346 e. The maximum atomic E-state index is 4.39. The molecule has 0 atom stereocenters. The molecule has 0 saturated carbocycles. The number of hydrogen-bond donors (Lipinski definition) is 1. The van der Waals surface area contributed by atoms with Gasteiger partial charge >= 0.3 is 0 Å². The Hall–Kier alpha value is -1.95. The monoisotopic (exact) mass is 259 g/mol. The number of aryl methyl sites for hydroxylation is 2. The van der Waals surface area contributed by atoms with Gasteiger partial charge in [-0.2, -0.15) is 4.98 Å². The molecule has 0 spiro atoms. The largest absolute Gasteiger partial charge is 0.346 e. The van der Waals surface area contributed by atoms with Gasteiger partial charge in [-0.05, 0) is 25.5 Å². The highest BCUT2D eigenvalue weighted by atomic mass is 32.1. The van der Waals surface area contributed by atoms with Crippen LogP contribution in [0.2, 0.25) is 0 Å². The smallest absolute Gasteiger partial charge is 0.243 e. The lowest BCUT2D eigenvalue weighted by molar-refractivity contribution is 0.939. The molecule has 3 aromatic heterocycles. The van der Waals surface area contributed by atoms with Crippen LogP contribution in [0.4, 0.5) is 5.95 Å². The van der Waals surface area contributed by atoms with E-state index in [1.54, 1.807) is 15.9 Å². The predicted octanol–water partition coefficient (Wildman–Crippen LogP) is 2.41. The average Bonchev–Trinajstić information content (AvgIpc) is 2.92. The van der Waals surface area contributed by atoms with Crippen molar-refractivity contribution in [2.75, 3.05) is 5.32 Å². The summed E-state index contributed by atoms with van der Waals surface area (Å²) in [5.74, 6) is 0.633. The van der Waals surface area contributed by atoms with Crippen LogP contribution >= 0.6 is 11.3 Å². The van der Waals surface area contributed by atoms with Gasteiger partial charge in [0.1, 0.15) is 5.01 Å². The second-order valence-corrected chi connectivity index (χ2v) is 5.12. The first-order valence-corrected chi connectivity index (χ1v) is 6.56. The predicted molar refractivity (Wildman–Crippen MR) is 71.9 cm³/mol. The number of hydrogen-bond acceptors (Lipinski definition) is 5. The van der Waals surface area contributed by atoms with Gasteiger partial charge in [0.15, 0.2) is 5.65 Å². The van der Waals surface area contributed by atoms with E-state index in [4.69, 9.17) is 0 Å². The third-order valence-electron chi connectivity index (χ3n) is 2.54. The summed E-state index contributed by atoms with van der Waals surface area (Å²) in [6.07, 6.45) is 1.96. The van der Waals surface area contributed by atoms with E-state index in [9.17, 15) is 0 Å². The van der Waals surface area contributed by atoms with Crippen molar-refractivity contribution < 1.29 is 0 Å². The normalized spacial score (nSPS) is 11.0. The van der Waals surface area contributed by atoms with E-state index < -0.39 is 0 Å². The van der Waals surface area contributed by atoms with E-state index in [-0.39, 0.29) is 0 Å². The topological polar surface area (TPSA) is 55.1 Å². The Morgan fingerprint density at radius 3 is 2.94 bits per heavy atom. The summed E-state index contributed by atoms with van der Waals surface area (Å²) in [4.78, 5) is 8.78. The maximum Gasteiger partial charge on any atom is 0.243 e. The Kier molecular flexibility index (Phi) is 2.71. The van der Waals surface area contributed by atoms with Crippen LogP contribution in [0.15, 0.2) is 23.7 Å². The first-order valence-electron chi connectivity index (χ1n) is 5.68. The minimum atomic E-state index is 0.633. The Bertz CT molecular complexity index is 685. The number of pyridine rings is 1. The summed E-state index contributed by atoms with van der Waals surface area (Å²) in [6.45, 7) is 4.69. The third-order valence-corrected chi connectivity index (χ3v) is 3.51. The summed E-state index contributed by atoms with van der Waals surface area (Å²) in [7, 11) is 0. The first-order chi connectivity index (χ1) is 8.70. The average molecular weight is 259 g/mol. The molecule has 0 radical (unpaired) electrons. The molecular formula is C12H13N5S. The number of aromatic nitrogens is 4. The Balaban J connectivity index is 1.78. The van der Waals surface area contributed by atoms with E-state index >= 15 is 0 Å². The molecular weight excluding hydrogens is 246 g/mol. The molecule has 5 nitrogen and oxygen atoms in total. The van der Waals surface area contributed by atoms with Gasteiger partial charge in [0.05, 0.1) is 6.54 Å². The molecule has 0 aromatic carbocycles. The number of thiazole rings is 1. The molecule has 0 unspecified atom stereocenters. The molecule has 1 N–H and O–H groups in total. The molecule has 0 saturated heterocycles. The molecule has 0 aliphatic rings.